The van der Waals surface area contributed by atoms with Gasteiger partial charge in [0.15, 0.2) is 17.9 Å². The van der Waals surface area contributed by atoms with Crippen molar-refractivity contribution in [2.75, 3.05) is 11.0 Å². The molecule has 1 unspecified atom stereocenters. The van der Waals surface area contributed by atoms with E-state index in [1.165, 1.54) is 0 Å². The summed E-state index contributed by atoms with van der Waals surface area (Å²) >= 11 is 2.29. The van der Waals surface area contributed by atoms with E-state index in [1.807, 2.05) is 42.1 Å². The van der Waals surface area contributed by atoms with Gasteiger partial charge in [-0.2, -0.15) is 4.57 Å². The Hall–Kier alpha value is 0.130. The van der Waals surface area contributed by atoms with Crippen LogP contribution in [0.4, 0.5) is 0 Å². The van der Waals surface area contributed by atoms with Crippen molar-refractivity contribution in [1.82, 2.24) is 0 Å². The van der Waals surface area contributed by atoms with Gasteiger partial charge in [-0.1, -0.05) is 28.7 Å². The second-order valence-electron chi connectivity index (χ2n) is 3.07. The van der Waals surface area contributed by atoms with E-state index in [1.54, 1.807) is 0 Å². The predicted octanol–water partition coefficient (Wildman–Crippen LogP) is -1.88. The molecule has 0 fully saturated rings. The second-order valence-corrected chi connectivity index (χ2v) is 3.83. The van der Waals surface area contributed by atoms with Crippen LogP contribution in [0.5, 0.6) is 0 Å². The van der Waals surface area contributed by atoms with Gasteiger partial charge in [-0.15, -0.1) is 0 Å². The zero-order valence-electron chi connectivity index (χ0n) is 7.45. The summed E-state index contributed by atoms with van der Waals surface area (Å²) in [6.45, 7) is 2.21. The maximum absolute atomic E-state index is 9.21. The normalized spacial score (nSPS) is 14.4. The van der Waals surface area contributed by atoms with Gasteiger partial charge in [-0.25, -0.2) is 0 Å². The Labute approximate surface area is 98.5 Å². The van der Waals surface area contributed by atoms with Gasteiger partial charge in [0.05, 0.1) is 4.43 Å². The van der Waals surface area contributed by atoms with Crippen LogP contribution in [0.15, 0.2) is 30.6 Å². The number of aliphatic hydroxyl groups excluding tert-OH is 1. The predicted molar refractivity (Wildman–Crippen MR) is 56.3 cm³/mol. The van der Waals surface area contributed by atoms with Gasteiger partial charge in [-0.3, -0.25) is 0 Å². The third-order valence-corrected chi connectivity index (χ3v) is 3.61. The summed E-state index contributed by atoms with van der Waals surface area (Å²) in [5.74, 6) is 0. The van der Waals surface area contributed by atoms with Gasteiger partial charge in [0.25, 0.3) is 0 Å². The fourth-order valence-corrected chi connectivity index (χ4v) is 1.59. The summed E-state index contributed by atoms with van der Waals surface area (Å²) in [5.41, 5.74) is -0.165. The molecule has 0 aromatic carbocycles. The minimum Gasteiger partial charge on any atom is -1.00 e. The summed E-state index contributed by atoms with van der Waals surface area (Å²) in [4.78, 5) is 0. The first-order valence-electron chi connectivity index (χ1n) is 3.86. The van der Waals surface area contributed by atoms with Crippen molar-refractivity contribution >= 4 is 22.6 Å². The SMILES string of the molecule is CC(CO)(CI)[n+]1ccccc1.[Cl-]. The van der Waals surface area contributed by atoms with Crippen molar-refractivity contribution in [3.05, 3.63) is 30.6 Å². The first-order valence-corrected chi connectivity index (χ1v) is 5.39. The zero-order chi connectivity index (χ0) is 9.03. The lowest BCUT2D eigenvalue weighted by Gasteiger charge is -2.18. The maximum Gasteiger partial charge on any atom is 0.196 e. The van der Waals surface area contributed by atoms with E-state index in [4.69, 9.17) is 0 Å². The number of hydrogen-bond acceptors (Lipinski definition) is 1. The first kappa shape index (κ1) is 13.1. The summed E-state index contributed by atoms with van der Waals surface area (Å²) in [5, 5.41) is 9.21. The third kappa shape index (κ3) is 3.07. The standard InChI is InChI=1S/C9H13INO.ClH/c1-9(7-10,8-12)11-5-3-2-4-6-11;/h2-6,12H,7-8H2,1H3;1H/q+1;/p-1. The molecule has 74 valence electrons. The van der Waals surface area contributed by atoms with Crippen LogP contribution in [0.1, 0.15) is 6.92 Å². The molecular weight excluding hydrogens is 300 g/mol. The Morgan fingerprint density at radius 1 is 1.31 bits per heavy atom. The molecule has 1 atom stereocenters. The fourth-order valence-electron chi connectivity index (χ4n) is 0.951. The van der Waals surface area contributed by atoms with Crippen molar-refractivity contribution in [3.63, 3.8) is 0 Å². The van der Waals surface area contributed by atoms with Gasteiger partial charge in [0.2, 0.25) is 0 Å². The van der Waals surface area contributed by atoms with E-state index in [-0.39, 0.29) is 24.6 Å². The van der Waals surface area contributed by atoms with E-state index in [0.717, 1.165) is 4.43 Å². The van der Waals surface area contributed by atoms with Crippen LogP contribution in [-0.2, 0) is 5.54 Å². The van der Waals surface area contributed by atoms with Gasteiger partial charge in [-0.05, 0) is 0 Å². The maximum atomic E-state index is 9.21. The average Bonchev–Trinajstić information content (AvgIpc) is 2.18. The molecule has 1 N–H and O–H groups in total. The van der Waals surface area contributed by atoms with E-state index in [2.05, 4.69) is 22.6 Å². The topological polar surface area (TPSA) is 24.1 Å². The lowest BCUT2D eigenvalue weighted by atomic mass is 10.1. The molecule has 0 radical (unpaired) electrons. The summed E-state index contributed by atoms with van der Waals surface area (Å²) in [7, 11) is 0. The Kier molecular flexibility index (Phi) is 5.83. The van der Waals surface area contributed by atoms with Gasteiger partial charge < -0.3 is 17.5 Å². The Balaban J connectivity index is 0.00000144. The van der Waals surface area contributed by atoms with Crippen LogP contribution in [0, 0.1) is 0 Å². The van der Waals surface area contributed by atoms with Gasteiger partial charge >= 0.3 is 0 Å². The summed E-state index contributed by atoms with van der Waals surface area (Å²) in [6.07, 6.45) is 3.96. The minimum absolute atomic E-state index is 0. The summed E-state index contributed by atoms with van der Waals surface area (Å²) in [6, 6.07) is 5.92. The average molecular weight is 314 g/mol. The number of hydrogen-bond donors (Lipinski definition) is 1. The van der Waals surface area contributed by atoms with Crippen LogP contribution < -0.4 is 17.0 Å². The number of aromatic nitrogens is 1. The molecule has 1 aromatic heterocycles. The second kappa shape index (κ2) is 5.78. The Morgan fingerprint density at radius 2 is 1.85 bits per heavy atom. The molecule has 0 saturated heterocycles. The highest BCUT2D eigenvalue weighted by Crippen LogP contribution is 2.09. The highest BCUT2D eigenvalue weighted by atomic mass is 127. The van der Waals surface area contributed by atoms with Gasteiger partial charge in [0, 0.05) is 19.1 Å². The minimum atomic E-state index is -0.165. The molecule has 0 bridgehead atoms. The van der Waals surface area contributed by atoms with Gasteiger partial charge in [0.1, 0.15) is 6.61 Å². The van der Waals surface area contributed by atoms with E-state index >= 15 is 0 Å². The van der Waals surface area contributed by atoms with Crippen LogP contribution >= 0.6 is 22.6 Å². The smallest absolute Gasteiger partial charge is 0.196 e. The fraction of sp³-hybridized carbons (Fsp3) is 0.444. The molecule has 0 spiro atoms. The highest BCUT2D eigenvalue weighted by molar-refractivity contribution is 14.1. The van der Waals surface area contributed by atoms with E-state index < -0.39 is 0 Å². The molecule has 4 heteroatoms. The molecule has 0 aliphatic heterocycles. The molecule has 1 aromatic rings. The lowest BCUT2D eigenvalue weighted by molar-refractivity contribution is -0.757. The largest absolute Gasteiger partial charge is 1.00 e. The molecule has 1 rings (SSSR count). The van der Waals surface area contributed by atoms with Crippen molar-refractivity contribution in [2.45, 2.75) is 12.5 Å². The van der Waals surface area contributed by atoms with Crippen molar-refractivity contribution in [2.24, 2.45) is 0 Å². The quantitative estimate of drug-likeness (QED) is 0.394. The third-order valence-electron chi connectivity index (χ3n) is 1.97. The molecule has 0 aliphatic carbocycles. The van der Waals surface area contributed by atoms with Crippen molar-refractivity contribution in [1.29, 1.82) is 0 Å². The molecule has 0 saturated carbocycles. The first-order chi connectivity index (χ1) is 5.73. The molecule has 0 aliphatic rings. The highest BCUT2D eigenvalue weighted by Gasteiger charge is 2.31. The number of halogens is 2. The number of nitrogens with zero attached hydrogens (tertiary/aromatic N) is 1. The molecule has 13 heavy (non-hydrogen) atoms. The summed E-state index contributed by atoms with van der Waals surface area (Å²) < 4.78 is 2.94. The van der Waals surface area contributed by atoms with Crippen molar-refractivity contribution < 1.29 is 22.1 Å². The monoisotopic (exact) mass is 313 g/mol. The number of rotatable bonds is 3. The van der Waals surface area contributed by atoms with E-state index in [9.17, 15) is 5.11 Å². The lowest BCUT2D eigenvalue weighted by Crippen LogP contribution is -3.00. The molecule has 1 heterocycles. The number of alkyl halides is 1. The van der Waals surface area contributed by atoms with E-state index in [0.29, 0.717) is 0 Å². The van der Waals surface area contributed by atoms with Crippen LogP contribution in [-0.4, -0.2) is 16.1 Å². The Morgan fingerprint density at radius 3 is 2.23 bits per heavy atom. The van der Waals surface area contributed by atoms with Crippen LogP contribution in [0.25, 0.3) is 0 Å². The number of pyridine rings is 1. The van der Waals surface area contributed by atoms with Crippen LogP contribution in [0.3, 0.4) is 0 Å². The van der Waals surface area contributed by atoms with Crippen molar-refractivity contribution in [3.8, 4) is 0 Å². The molecule has 0 amide bonds. The molecule has 2 nitrogen and oxygen atoms in total. The zero-order valence-corrected chi connectivity index (χ0v) is 10.4. The number of aliphatic hydroxyl groups is 1. The Bertz CT molecular complexity index is 239. The molecular formula is C9H13ClINO. The van der Waals surface area contributed by atoms with Crippen LogP contribution in [0.2, 0.25) is 0 Å².